The molecule has 0 aliphatic heterocycles. The van der Waals surface area contributed by atoms with E-state index in [0.29, 0.717) is 37.8 Å². The lowest BCUT2D eigenvalue weighted by atomic mass is 9.98. The second kappa shape index (κ2) is 8.31. The molecule has 4 rings (SSSR count). The van der Waals surface area contributed by atoms with Gasteiger partial charge >= 0.3 is 0 Å². The van der Waals surface area contributed by atoms with E-state index in [9.17, 15) is 4.79 Å². The van der Waals surface area contributed by atoms with Crippen LogP contribution in [0.1, 0.15) is 24.8 Å². The van der Waals surface area contributed by atoms with Gasteiger partial charge < -0.3 is 10.6 Å². The van der Waals surface area contributed by atoms with Crippen LogP contribution >= 0.6 is 0 Å². The first kappa shape index (κ1) is 18.3. The number of carbonyl (C=O) groups excluding carboxylic acids is 1. The van der Waals surface area contributed by atoms with E-state index < -0.39 is 0 Å². The van der Waals surface area contributed by atoms with E-state index in [4.69, 9.17) is 5.73 Å². The van der Waals surface area contributed by atoms with Crippen LogP contribution in [-0.2, 0) is 11.3 Å². The van der Waals surface area contributed by atoms with E-state index in [-0.39, 0.29) is 5.91 Å². The number of aromatic amines is 1. The maximum Gasteiger partial charge on any atom is 0.223 e. The predicted molar refractivity (Wildman–Crippen MR) is 107 cm³/mol. The summed E-state index contributed by atoms with van der Waals surface area (Å²) in [5.41, 5.74) is 9.85. The number of hydrogen-bond acceptors (Lipinski definition) is 5. The second-order valence-corrected chi connectivity index (χ2v) is 7.23. The monoisotopic (exact) mass is 376 g/mol. The Labute approximate surface area is 163 Å². The minimum Gasteiger partial charge on any atom is -0.337 e. The Morgan fingerprint density at radius 1 is 1.11 bits per heavy atom. The van der Waals surface area contributed by atoms with E-state index in [1.165, 1.54) is 12.8 Å². The smallest absolute Gasteiger partial charge is 0.223 e. The van der Waals surface area contributed by atoms with Gasteiger partial charge in [0.15, 0.2) is 0 Å². The van der Waals surface area contributed by atoms with Crippen LogP contribution in [0.15, 0.2) is 48.5 Å². The minimum absolute atomic E-state index is 0.208. The molecule has 0 spiro atoms. The van der Waals surface area contributed by atoms with E-state index in [1.54, 1.807) is 0 Å². The SMILES string of the molecule is NCCN(Cc1ccc(-c2ccccc2-c2nn[nH]n2)cc1)C(=O)CC1CC1. The zero-order valence-corrected chi connectivity index (χ0v) is 15.7. The molecule has 0 bridgehead atoms. The molecule has 1 aliphatic carbocycles. The van der Waals surface area contributed by atoms with Gasteiger partial charge in [-0.3, -0.25) is 4.79 Å². The normalized spacial score (nSPS) is 13.5. The first-order valence-electron chi connectivity index (χ1n) is 9.64. The lowest BCUT2D eigenvalue weighted by Crippen LogP contribution is -2.35. The van der Waals surface area contributed by atoms with Crippen molar-refractivity contribution >= 4 is 5.91 Å². The summed E-state index contributed by atoms with van der Waals surface area (Å²) in [5, 5.41) is 14.3. The summed E-state index contributed by atoms with van der Waals surface area (Å²) in [6.07, 6.45) is 3.00. The summed E-state index contributed by atoms with van der Waals surface area (Å²) >= 11 is 0. The number of benzene rings is 2. The molecule has 7 nitrogen and oxygen atoms in total. The molecule has 1 heterocycles. The molecule has 3 N–H and O–H groups in total. The van der Waals surface area contributed by atoms with Gasteiger partial charge in [0.25, 0.3) is 0 Å². The Morgan fingerprint density at radius 3 is 2.50 bits per heavy atom. The van der Waals surface area contributed by atoms with E-state index in [0.717, 1.165) is 22.3 Å². The van der Waals surface area contributed by atoms with Crippen LogP contribution in [0.5, 0.6) is 0 Å². The topological polar surface area (TPSA) is 101 Å². The van der Waals surface area contributed by atoms with E-state index >= 15 is 0 Å². The molecule has 7 heteroatoms. The molecule has 0 unspecified atom stereocenters. The molecule has 0 atom stereocenters. The van der Waals surface area contributed by atoms with Gasteiger partial charge in [-0.05, 0) is 40.7 Å². The molecular formula is C21H24N6O. The molecule has 1 aromatic heterocycles. The van der Waals surface area contributed by atoms with Crippen LogP contribution in [0.2, 0.25) is 0 Å². The van der Waals surface area contributed by atoms with Crippen LogP contribution in [0.3, 0.4) is 0 Å². The molecule has 1 fully saturated rings. The summed E-state index contributed by atoms with van der Waals surface area (Å²) < 4.78 is 0. The largest absolute Gasteiger partial charge is 0.337 e. The first-order valence-corrected chi connectivity index (χ1v) is 9.64. The van der Waals surface area contributed by atoms with Gasteiger partial charge in [0.05, 0.1) is 0 Å². The molecule has 1 saturated carbocycles. The van der Waals surface area contributed by atoms with Crippen molar-refractivity contribution in [1.29, 1.82) is 0 Å². The van der Waals surface area contributed by atoms with Gasteiger partial charge in [-0.2, -0.15) is 5.21 Å². The van der Waals surface area contributed by atoms with Gasteiger partial charge in [-0.1, -0.05) is 48.5 Å². The van der Waals surface area contributed by atoms with Crippen molar-refractivity contribution in [3.8, 4) is 22.5 Å². The Balaban J connectivity index is 1.52. The van der Waals surface area contributed by atoms with E-state index in [2.05, 4.69) is 44.9 Å². The summed E-state index contributed by atoms with van der Waals surface area (Å²) in [6, 6.07) is 16.2. The Hall–Kier alpha value is -3.06. The van der Waals surface area contributed by atoms with E-state index in [1.807, 2.05) is 29.2 Å². The number of H-pyrrole nitrogens is 1. The molecule has 3 aromatic rings. The number of rotatable bonds is 8. The number of hydrogen-bond donors (Lipinski definition) is 2. The number of tetrazole rings is 1. The number of aromatic nitrogens is 4. The van der Waals surface area contributed by atoms with Crippen LogP contribution < -0.4 is 5.73 Å². The highest BCUT2D eigenvalue weighted by Crippen LogP contribution is 2.33. The molecule has 1 amide bonds. The average molecular weight is 376 g/mol. The standard InChI is InChI=1S/C21H24N6O/c22-11-12-27(20(28)13-15-5-6-15)14-16-7-9-17(10-8-16)18-3-1-2-4-19(18)21-23-25-26-24-21/h1-4,7-10,15H,5-6,11-14,22H2,(H,23,24,25,26). The van der Waals surface area contributed by atoms with Gasteiger partial charge in [-0.15, -0.1) is 10.2 Å². The van der Waals surface area contributed by atoms with Crippen molar-refractivity contribution in [2.24, 2.45) is 11.7 Å². The third-order valence-electron chi connectivity index (χ3n) is 5.06. The van der Waals surface area contributed by atoms with Gasteiger partial charge in [0.1, 0.15) is 0 Å². The van der Waals surface area contributed by atoms with Crippen molar-refractivity contribution in [1.82, 2.24) is 25.5 Å². The number of nitrogens with zero attached hydrogens (tertiary/aromatic N) is 4. The molecule has 1 aliphatic rings. The average Bonchev–Trinajstić information content (AvgIpc) is 3.37. The van der Waals surface area contributed by atoms with Crippen molar-refractivity contribution in [2.75, 3.05) is 13.1 Å². The zero-order chi connectivity index (χ0) is 19.3. The Kier molecular flexibility index (Phi) is 5.43. The van der Waals surface area contributed by atoms with Crippen molar-refractivity contribution < 1.29 is 4.79 Å². The highest BCUT2D eigenvalue weighted by molar-refractivity contribution is 5.80. The van der Waals surface area contributed by atoms with Crippen LogP contribution in [0, 0.1) is 5.92 Å². The number of carbonyl (C=O) groups is 1. The molecule has 2 aromatic carbocycles. The number of nitrogens with two attached hydrogens (primary N) is 1. The maximum atomic E-state index is 12.5. The number of nitrogens with one attached hydrogen (secondary N) is 1. The molecule has 0 radical (unpaired) electrons. The summed E-state index contributed by atoms with van der Waals surface area (Å²) in [5.74, 6) is 1.36. The molecule has 144 valence electrons. The van der Waals surface area contributed by atoms with Gasteiger partial charge in [0, 0.05) is 31.6 Å². The highest BCUT2D eigenvalue weighted by atomic mass is 16.2. The number of amides is 1. The third-order valence-corrected chi connectivity index (χ3v) is 5.06. The first-order chi connectivity index (χ1) is 13.7. The minimum atomic E-state index is 0.208. The molecular weight excluding hydrogens is 352 g/mol. The van der Waals surface area contributed by atoms with Crippen LogP contribution in [0.25, 0.3) is 22.5 Å². The third kappa shape index (κ3) is 4.26. The molecule has 0 saturated heterocycles. The van der Waals surface area contributed by atoms with Crippen molar-refractivity contribution in [3.05, 3.63) is 54.1 Å². The van der Waals surface area contributed by atoms with Crippen LogP contribution in [0.4, 0.5) is 0 Å². The fourth-order valence-corrected chi connectivity index (χ4v) is 3.36. The highest BCUT2D eigenvalue weighted by Gasteiger charge is 2.26. The van der Waals surface area contributed by atoms with Crippen LogP contribution in [-0.4, -0.2) is 44.5 Å². The Morgan fingerprint density at radius 2 is 1.86 bits per heavy atom. The van der Waals surface area contributed by atoms with Crippen molar-refractivity contribution in [2.45, 2.75) is 25.8 Å². The lowest BCUT2D eigenvalue weighted by molar-refractivity contribution is -0.132. The fraction of sp³-hybridized carbons (Fsp3) is 0.333. The fourth-order valence-electron chi connectivity index (χ4n) is 3.36. The predicted octanol–water partition coefficient (Wildman–Crippen LogP) is 2.62. The summed E-state index contributed by atoms with van der Waals surface area (Å²) in [4.78, 5) is 14.4. The summed E-state index contributed by atoms with van der Waals surface area (Å²) in [6.45, 7) is 1.66. The Bertz CT molecular complexity index is 918. The maximum absolute atomic E-state index is 12.5. The lowest BCUT2D eigenvalue weighted by Gasteiger charge is -2.22. The van der Waals surface area contributed by atoms with Gasteiger partial charge in [0.2, 0.25) is 11.7 Å². The second-order valence-electron chi connectivity index (χ2n) is 7.23. The van der Waals surface area contributed by atoms with Gasteiger partial charge in [-0.25, -0.2) is 0 Å². The zero-order valence-electron chi connectivity index (χ0n) is 15.7. The molecule has 28 heavy (non-hydrogen) atoms. The quantitative estimate of drug-likeness (QED) is 0.629. The summed E-state index contributed by atoms with van der Waals surface area (Å²) in [7, 11) is 0. The van der Waals surface area contributed by atoms with Crippen molar-refractivity contribution in [3.63, 3.8) is 0 Å².